The first-order chi connectivity index (χ1) is 7.42. The quantitative estimate of drug-likeness (QED) is 0.733. The summed E-state index contributed by atoms with van der Waals surface area (Å²) in [5, 5.41) is 12.0. The van der Waals surface area contributed by atoms with Crippen LogP contribution in [0.5, 0.6) is 0 Å². The summed E-state index contributed by atoms with van der Waals surface area (Å²) in [5.41, 5.74) is 2.23. The Morgan fingerprint density at radius 1 is 1.33 bits per heavy atom. The zero-order chi connectivity index (χ0) is 10.5. The molecule has 0 saturated heterocycles. The van der Waals surface area contributed by atoms with Crippen molar-refractivity contribution in [3.05, 3.63) is 30.0 Å². The van der Waals surface area contributed by atoms with Gasteiger partial charge in [0.05, 0.1) is 11.2 Å². The molecule has 0 bridgehead atoms. The summed E-state index contributed by atoms with van der Waals surface area (Å²) >= 11 is 0. The predicted octanol–water partition coefficient (Wildman–Crippen LogP) is 2.45. The molecule has 2 rings (SSSR count). The second kappa shape index (κ2) is 4.94. The molecule has 1 aromatic carbocycles. The van der Waals surface area contributed by atoms with Gasteiger partial charge in [-0.1, -0.05) is 31.5 Å². The van der Waals surface area contributed by atoms with Crippen molar-refractivity contribution in [2.24, 2.45) is 0 Å². The Morgan fingerprint density at radius 2 is 2.20 bits per heavy atom. The Balaban J connectivity index is 2.02. The molecule has 2 N–H and O–H groups in total. The van der Waals surface area contributed by atoms with E-state index in [9.17, 15) is 0 Å². The molecule has 1 aromatic heterocycles. The van der Waals surface area contributed by atoms with E-state index in [1.54, 1.807) is 0 Å². The second-order valence-electron chi connectivity index (χ2n) is 3.75. The van der Waals surface area contributed by atoms with Gasteiger partial charge in [0.2, 0.25) is 0 Å². The first-order valence-corrected chi connectivity index (χ1v) is 5.54. The standard InChI is InChI=1S/C12H17N3/c1-2-3-8-13-9-12-10-6-4-5-7-11(10)14-15-12/h4-7,13H,2-3,8-9H2,1H3,(H,14,15). The van der Waals surface area contributed by atoms with Gasteiger partial charge in [-0.2, -0.15) is 5.10 Å². The first-order valence-electron chi connectivity index (χ1n) is 5.54. The van der Waals surface area contributed by atoms with Gasteiger partial charge in [0.25, 0.3) is 0 Å². The van der Waals surface area contributed by atoms with Gasteiger partial charge in [-0.3, -0.25) is 5.10 Å². The summed E-state index contributed by atoms with van der Waals surface area (Å²) in [7, 11) is 0. The third kappa shape index (κ3) is 2.36. The smallest absolute Gasteiger partial charge is 0.0924 e. The lowest BCUT2D eigenvalue weighted by Crippen LogP contribution is -2.14. The topological polar surface area (TPSA) is 40.7 Å². The molecule has 2 aromatic rings. The van der Waals surface area contributed by atoms with Crippen molar-refractivity contribution in [3.8, 4) is 0 Å². The number of unbranched alkanes of at least 4 members (excludes halogenated alkanes) is 1. The fourth-order valence-electron chi connectivity index (χ4n) is 1.66. The molecular weight excluding hydrogens is 186 g/mol. The number of hydrogen-bond acceptors (Lipinski definition) is 2. The molecular formula is C12H17N3. The van der Waals surface area contributed by atoms with Gasteiger partial charge in [0, 0.05) is 11.9 Å². The van der Waals surface area contributed by atoms with Gasteiger partial charge >= 0.3 is 0 Å². The molecule has 80 valence electrons. The van der Waals surface area contributed by atoms with E-state index in [-0.39, 0.29) is 0 Å². The van der Waals surface area contributed by atoms with Crippen LogP contribution in [0.4, 0.5) is 0 Å². The predicted molar refractivity (Wildman–Crippen MR) is 62.7 cm³/mol. The van der Waals surface area contributed by atoms with Crippen molar-refractivity contribution in [1.29, 1.82) is 0 Å². The number of rotatable bonds is 5. The van der Waals surface area contributed by atoms with E-state index in [1.807, 2.05) is 18.2 Å². The third-order valence-electron chi connectivity index (χ3n) is 2.55. The Labute approximate surface area is 89.9 Å². The van der Waals surface area contributed by atoms with Crippen LogP contribution in [0.3, 0.4) is 0 Å². The van der Waals surface area contributed by atoms with Crippen LogP contribution >= 0.6 is 0 Å². The first kappa shape index (κ1) is 10.2. The van der Waals surface area contributed by atoms with Crippen molar-refractivity contribution < 1.29 is 0 Å². The molecule has 0 spiro atoms. The highest BCUT2D eigenvalue weighted by atomic mass is 15.1. The Morgan fingerprint density at radius 3 is 3.07 bits per heavy atom. The number of benzene rings is 1. The monoisotopic (exact) mass is 203 g/mol. The summed E-state index contributed by atoms with van der Waals surface area (Å²) in [6, 6.07) is 8.20. The summed E-state index contributed by atoms with van der Waals surface area (Å²) in [4.78, 5) is 0. The Bertz CT molecular complexity index is 419. The van der Waals surface area contributed by atoms with E-state index in [4.69, 9.17) is 0 Å². The highest BCUT2D eigenvalue weighted by Gasteiger charge is 2.02. The van der Waals surface area contributed by atoms with E-state index in [1.165, 1.54) is 23.9 Å². The maximum Gasteiger partial charge on any atom is 0.0924 e. The molecule has 0 atom stereocenters. The summed E-state index contributed by atoms with van der Waals surface area (Å²) in [6.07, 6.45) is 2.46. The molecule has 3 heteroatoms. The van der Waals surface area contributed by atoms with Crippen LogP contribution in [0.25, 0.3) is 10.9 Å². The van der Waals surface area contributed by atoms with Crippen molar-refractivity contribution in [2.75, 3.05) is 6.54 Å². The molecule has 15 heavy (non-hydrogen) atoms. The molecule has 1 heterocycles. The average Bonchev–Trinajstić information content (AvgIpc) is 2.68. The van der Waals surface area contributed by atoms with Crippen LogP contribution < -0.4 is 5.32 Å². The van der Waals surface area contributed by atoms with Gasteiger partial charge in [-0.25, -0.2) is 0 Å². The van der Waals surface area contributed by atoms with Crippen LogP contribution in [0.2, 0.25) is 0 Å². The fourth-order valence-corrected chi connectivity index (χ4v) is 1.66. The van der Waals surface area contributed by atoms with Gasteiger partial charge < -0.3 is 5.32 Å². The lowest BCUT2D eigenvalue weighted by atomic mass is 10.2. The van der Waals surface area contributed by atoms with Crippen molar-refractivity contribution in [1.82, 2.24) is 15.5 Å². The number of hydrogen-bond donors (Lipinski definition) is 2. The summed E-state index contributed by atoms with van der Waals surface area (Å²) in [5.74, 6) is 0. The molecule has 0 aliphatic heterocycles. The normalized spacial score (nSPS) is 11.0. The molecule has 0 amide bonds. The zero-order valence-electron chi connectivity index (χ0n) is 9.09. The minimum atomic E-state index is 0.876. The van der Waals surface area contributed by atoms with Gasteiger partial charge in [-0.15, -0.1) is 0 Å². The highest BCUT2D eigenvalue weighted by Crippen LogP contribution is 2.14. The average molecular weight is 203 g/mol. The molecule has 0 radical (unpaired) electrons. The largest absolute Gasteiger partial charge is 0.311 e. The number of nitrogens with zero attached hydrogens (tertiary/aromatic N) is 1. The number of aromatic amines is 1. The summed E-state index contributed by atoms with van der Waals surface area (Å²) in [6.45, 7) is 4.15. The van der Waals surface area contributed by atoms with Crippen molar-refractivity contribution in [2.45, 2.75) is 26.3 Å². The number of aromatic nitrogens is 2. The molecule has 0 fully saturated rings. The Hall–Kier alpha value is -1.35. The SMILES string of the molecule is CCCCNCc1[nH]nc2ccccc12. The van der Waals surface area contributed by atoms with E-state index >= 15 is 0 Å². The molecule has 0 unspecified atom stereocenters. The third-order valence-corrected chi connectivity index (χ3v) is 2.55. The highest BCUT2D eigenvalue weighted by molar-refractivity contribution is 5.80. The van der Waals surface area contributed by atoms with E-state index < -0.39 is 0 Å². The minimum Gasteiger partial charge on any atom is -0.311 e. The lowest BCUT2D eigenvalue weighted by Gasteiger charge is -2.01. The molecule has 3 nitrogen and oxygen atoms in total. The number of H-pyrrole nitrogens is 1. The van der Waals surface area contributed by atoms with Gasteiger partial charge in [0.15, 0.2) is 0 Å². The van der Waals surface area contributed by atoms with Crippen LogP contribution in [0.1, 0.15) is 25.5 Å². The minimum absolute atomic E-state index is 0.876. The number of fused-ring (bicyclic) bond motifs is 1. The van der Waals surface area contributed by atoms with E-state index in [2.05, 4.69) is 28.5 Å². The Kier molecular flexibility index (Phi) is 3.35. The van der Waals surface area contributed by atoms with Crippen molar-refractivity contribution >= 4 is 10.9 Å². The lowest BCUT2D eigenvalue weighted by molar-refractivity contribution is 0.634. The van der Waals surface area contributed by atoms with Crippen LogP contribution in [0.15, 0.2) is 24.3 Å². The van der Waals surface area contributed by atoms with Crippen molar-refractivity contribution in [3.63, 3.8) is 0 Å². The molecule has 0 aliphatic rings. The van der Waals surface area contributed by atoms with Crippen LogP contribution in [-0.2, 0) is 6.54 Å². The maximum atomic E-state index is 4.25. The number of nitrogens with one attached hydrogen (secondary N) is 2. The molecule has 0 saturated carbocycles. The van der Waals surface area contributed by atoms with E-state index in [0.29, 0.717) is 0 Å². The van der Waals surface area contributed by atoms with Crippen LogP contribution in [-0.4, -0.2) is 16.7 Å². The van der Waals surface area contributed by atoms with Crippen LogP contribution in [0, 0.1) is 0 Å². The maximum absolute atomic E-state index is 4.25. The summed E-state index contributed by atoms with van der Waals surface area (Å²) < 4.78 is 0. The number of para-hydroxylation sites is 1. The van der Waals surface area contributed by atoms with E-state index in [0.717, 1.165) is 18.6 Å². The van der Waals surface area contributed by atoms with Gasteiger partial charge in [-0.05, 0) is 19.0 Å². The van der Waals surface area contributed by atoms with Gasteiger partial charge in [0.1, 0.15) is 0 Å². The molecule has 0 aliphatic carbocycles. The second-order valence-corrected chi connectivity index (χ2v) is 3.75. The fraction of sp³-hybridized carbons (Fsp3) is 0.417. The zero-order valence-corrected chi connectivity index (χ0v) is 9.09.